The largest absolute Gasteiger partial charge is 0.396 e. The Kier molecular flexibility index (Phi) is 3.36. The third-order valence-corrected chi connectivity index (χ3v) is 4.00. The first kappa shape index (κ1) is 13.6. The minimum Gasteiger partial charge on any atom is -0.396 e. The second kappa shape index (κ2) is 5.19. The maximum absolute atomic E-state index is 11.1. The van der Waals surface area contributed by atoms with Crippen LogP contribution in [-0.2, 0) is 0 Å². The van der Waals surface area contributed by atoms with Crippen molar-refractivity contribution in [2.24, 2.45) is 0 Å². The van der Waals surface area contributed by atoms with Crippen molar-refractivity contribution >= 4 is 34.3 Å². The molecule has 1 aromatic carbocycles. The average molecular weight is 321 g/mol. The Labute approximate surface area is 128 Å². The number of rotatable bonds is 3. The summed E-state index contributed by atoms with van der Waals surface area (Å²) in [6, 6.07) is 8.12. The summed E-state index contributed by atoms with van der Waals surface area (Å²) in [6.45, 7) is 0. The van der Waals surface area contributed by atoms with Gasteiger partial charge in [-0.25, -0.2) is 4.68 Å². The fraction of sp³-hybridized carbons (Fsp3) is 0. The Bertz CT molecular complexity index is 827. The number of para-hydroxylation sites is 2. The Morgan fingerprint density at radius 1 is 1.38 bits per heavy atom. The normalized spacial score (nSPS) is 10.7. The molecule has 0 aliphatic rings. The first-order valence-electron chi connectivity index (χ1n) is 5.89. The minimum absolute atomic E-state index is 0.0325. The first-order valence-corrected chi connectivity index (χ1v) is 7.15. The molecule has 0 aliphatic heterocycles. The second-order valence-electron chi connectivity index (χ2n) is 4.26. The van der Waals surface area contributed by atoms with Gasteiger partial charge >= 0.3 is 0 Å². The zero-order chi connectivity index (χ0) is 15.0. The summed E-state index contributed by atoms with van der Waals surface area (Å²) in [5, 5.41) is 17.3. The number of anilines is 1. The number of nitro benzene ring substituents is 1. The highest BCUT2D eigenvalue weighted by Gasteiger charge is 2.17. The lowest BCUT2D eigenvalue weighted by molar-refractivity contribution is -0.384. The predicted molar refractivity (Wildman–Crippen MR) is 83.0 cm³/mol. The zero-order valence-electron chi connectivity index (χ0n) is 10.6. The topological polar surface area (TPSA) is 87.0 Å². The minimum atomic E-state index is -0.450. The number of hydrogen-bond acceptors (Lipinski definition) is 5. The first-order chi connectivity index (χ1) is 10.1. The molecule has 0 aliphatic carbocycles. The number of thiophene rings is 1. The Hall–Kier alpha value is -2.38. The number of halogens is 1. The molecule has 0 atom stereocenters. The monoisotopic (exact) mass is 320 g/mol. The third kappa shape index (κ3) is 2.48. The Morgan fingerprint density at radius 3 is 2.81 bits per heavy atom. The van der Waals surface area contributed by atoms with Gasteiger partial charge in [0.25, 0.3) is 5.69 Å². The van der Waals surface area contributed by atoms with Gasteiger partial charge in [-0.1, -0.05) is 23.7 Å². The molecule has 106 valence electrons. The highest BCUT2D eigenvalue weighted by Crippen LogP contribution is 2.32. The highest BCUT2D eigenvalue weighted by atomic mass is 35.5. The molecular weight excluding hydrogens is 312 g/mol. The number of aromatic nitrogens is 2. The summed E-state index contributed by atoms with van der Waals surface area (Å²) in [6.07, 6.45) is 1.56. The van der Waals surface area contributed by atoms with Crippen molar-refractivity contribution in [1.82, 2.24) is 9.78 Å². The van der Waals surface area contributed by atoms with E-state index in [1.54, 1.807) is 30.5 Å². The van der Waals surface area contributed by atoms with E-state index < -0.39 is 4.92 Å². The van der Waals surface area contributed by atoms with Gasteiger partial charge in [-0.15, -0.1) is 11.3 Å². The van der Waals surface area contributed by atoms with Gasteiger partial charge < -0.3 is 5.73 Å². The summed E-state index contributed by atoms with van der Waals surface area (Å²) in [5.41, 5.74) is 8.06. The highest BCUT2D eigenvalue weighted by molar-refractivity contribution is 7.14. The lowest BCUT2D eigenvalue weighted by Crippen LogP contribution is -2.00. The van der Waals surface area contributed by atoms with Crippen LogP contribution in [-0.4, -0.2) is 14.7 Å². The van der Waals surface area contributed by atoms with Gasteiger partial charge in [0.2, 0.25) is 0 Å². The van der Waals surface area contributed by atoms with E-state index in [0.717, 1.165) is 5.56 Å². The van der Waals surface area contributed by atoms with Gasteiger partial charge in [-0.3, -0.25) is 10.1 Å². The Morgan fingerprint density at radius 2 is 2.14 bits per heavy atom. The number of nitrogens with two attached hydrogens (primary N) is 1. The molecule has 2 aromatic heterocycles. The van der Waals surface area contributed by atoms with E-state index >= 15 is 0 Å². The van der Waals surface area contributed by atoms with E-state index in [0.29, 0.717) is 21.4 Å². The number of nitrogens with zero attached hydrogens (tertiary/aromatic N) is 3. The lowest BCUT2D eigenvalue weighted by Gasteiger charge is -2.01. The third-order valence-electron chi connectivity index (χ3n) is 2.91. The van der Waals surface area contributed by atoms with Gasteiger partial charge in [0.05, 0.1) is 21.1 Å². The van der Waals surface area contributed by atoms with Crippen LogP contribution in [0.2, 0.25) is 4.34 Å². The van der Waals surface area contributed by atoms with E-state index in [-0.39, 0.29) is 5.69 Å². The predicted octanol–water partition coefficient (Wildman–Crippen LogP) is 3.74. The molecule has 0 saturated heterocycles. The van der Waals surface area contributed by atoms with Crippen molar-refractivity contribution in [1.29, 1.82) is 0 Å². The summed E-state index contributed by atoms with van der Waals surface area (Å²) in [7, 11) is 0. The van der Waals surface area contributed by atoms with Crippen molar-refractivity contribution in [3.05, 3.63) is 56.4 Å². The van der Waals surface area contributed by atoms with Crippen LogP contribution in [0, 0.1) is 10.1 Å². The van der Waals surface area contributed by atoms with Crippen LogP contribution in [0.4, 0.5) is 11.4 Å². The van der Waals surface area contributed by atoms with E-state index in [1.165, 1.54) is 22.1 Å². The van der Waals surface area contributed by atoms with Gasteiger partial charge in [0.15, 0.2) is 0 Å². The van der Waals surface area contributed by atoms with Crippen LogP contribution in [0.25, 0.3) is 16.9 Å². The SMILES string of the molecule is Nc1cn(-c2ccccc2[N+](=O)[O-])nc1-c1csc(Cl)c1. The molecule has 3 rings (SSSR count). The summed E-state index contributed by atoms with van der Waals surface area (Å²) in [5.74, 6) is 0. The maximum Gasteiger partial charge on any atom is 0.294 e. The van der Waals surface area contributed by atoms with Crippen molar-refractivity contribution < 1.29 is 4.92 Å². The fourth-order valence-electron chi connectivity index (χ4n) is 1.98. The summed E-state index contributed by atoms with van der Waals surface area (Å²) in [4.78, 5) is 10.6. The molecule has 0 radical (unpaired) electrons. The maximum atomic E-state index is 11.1. The van der Waals surface area contributed by atoms with Crippen LogP contribution in [0.1, 0.15) is 0 Å². The molecule has 2 N–H and O–H groups in total. The molecule has 0 bridgehead atoms. The van der Waals surface area contributed by atoms with Crippen LogP contribution in [0.15, 0.2) is 41.9 Å². The van der Waals surface area contributed by atoms with Crippen molar-refractivity contribution in [3.63, 3.8) is 0 Å². The smallest absolute Gasteiger partial charge is 0.294 e. The van der Waals surface area contributed by atoms with Crippen molar-refractivity contribution in [2.45, 2.75) is 0 Å². The van der Waals surface area contributed by atoms with E-state index in [2.05, 4.69) is 5.10 Å². The van der Waals surface area contributed by atoms with E-state index in [4.69, 9.17) is 17.3 Å². The average Bonchev–Trinajstić information content (AvgIpc) is 3.04. The van der Waals surface area contributed by atoms with Gasteiger partial charge in [0.1, 0.15) is 11.4 Å². The number of hydrogen-bond donors (Lipinski definition) is 1. The number of nitrogen functional groups attached to an aromatic ring is 1. The van der Waals surface area contributed by atoms with E-state index in [1.807, 2.05) is 5.38 Å². The molecule has 0 unspecified atom stereocenters. The van der Waals surface area contributed by atoms with Gasteiger partial charge in [-0.05, 0) is 12.1 Å². The molecule has 0 saturated carbocycles. The molecule has 6 nitrogen and oxygen atoms in total. The molecule has 8 heteroatoms. The fourth-order valence-corrected chi connectivity index (χ4v) is 2.85. The molecule has 3 aromatic rings. The molecule has 0 amide bonds. The summed E-state index contributed by atoms with van der Waals surface area (Å²) >= 11 is 7.28. The van der Waals surface area contributed by atoms with Gasteiger partial charge in [0, 0.05) is 17.0 Å². The lowest BCUT2D eigenvalue weighted by atomic mass is 10.2. The zero-order valence-corrected chi connectivity index (χ0v) is 12.1. The molecule has 21 heavy (non-hydrogen) atoms. The van der Waals surface area contributed by atoms with Crippen LogP contribution in [0.5, 0.6) is 0 Å². The summed E-state index contributed by atoms with van der Waals surface area (Å²) < 4.78 is 2.04. The van der Waals surface area contributed by atoms with Gasteiger partial charge in [-0.2, -0.15) is 5.10 Å². The van der Waals surface area contributed by atoms with Crippen LogP contribution < -0.4 is 5.73 Å². The molecular formula is C13H9ClN4O2S. The quantitative estimate of drug-likeness (QED) is 0.588. The second-order valence-corrected chi connectivity index (χ2v) is 5.81. The van der Waals surface area contributed by atoms with Crippen molar-refractivity contribution in [2.75, 3.05) is 5.73 Å². The Balaban J connectivity index is 2.12. The molecule has 0 spiro atoms. The van der Waals surface area contributed by atoms with Crippen LogP contribution >= 0.6 is 22.9 Å². The molecule has 2 heterocycles. The van der Waals surface area contributed by atoms with Crippen molar-refractivity contribution in [3.8, 4) is 16.9 Å². The van der Waals surface area contributed by atoms with Crippen LogP contribution in [0.3, 0.4) is 0 Å². The molecule has 0 fully saturated rings. The number of benzene rings is 1. The van der Waals surface area contributed by atoms with E-state index in [9.17, 15) is 10.1 Å². The standard InChI is InChI=1S/C13H9ClN4O2S/c14-12-5-8(7-21-12)13-9(15)6-17(16-13)10-3-1-2-4-11(10)18(19)20/h1-7H,15H2. The number of nitro groups is 1.